The maximum absolute atomic E-state index is 12.0. The highest BCUT2D eigenvalue weighted by atomic mass is 35.5. The molecule has 2 N–H and O–H groups in total. The van der Waals surface area contributed by atoms with Crippen LogP contribution in [0.25, 0.3) is 16.6 Å². The van der Waals surface area contributed by atoms with Crippen molar-refractivity contribution in [1.82, 2.24) is 19.7 Å². The van der Waals surface area contributed by atoms with Crippen molar-refractivity contribution in [3.05, 3.63) is 45.7 Å². The molecule has 1 aromatic carbocycles. The Labute approximate surface area is 126 Å². The number of aromatic hydroxyl groups is 1. The molecule has 0 saturated carbocycles. The normalized spacial score (nSPS) is 10.3. The molecule has 0 bridgehead atoms. The molecule has 0 spiro atoms. The lowest BCUT2D eigenvalue weighted by Gasteiger charge is -2.08. The fourth-order valence-corrected chi connectivity index (χ4v) is 2.10. The topological polar surface area (TPSA) is 83.8 Å². The second-order valence-corrected chi connectivity index (χ2v) is 4.55. The summed E-state index contributed by atoms with van der Waals surface area (Å²) in [6, 6.07) is 3.32. The van der Waals surface area contributed by atoms with Gasteiger partial charge in [0.1, 0.15) is 12.7 Å². The largest absolute Gasteiger partial charge is 0.505 e. The molecule has 110 valence electrons. The Morgan fingerprint density at radius 1 is 1.33 bits per heavy atom. The smallest absolute Gasteiger partial charge is 0.278 e. The molecule has 0 aliphatic rings. The molecule has 7 heteroatoms. The number of aromatic amines is 1. The van der Waals surface area contributed by atoms with Crippen LogP contribution >= 0.6 is 11.6 Å². The molecule has 0 aliphatic carbocycles. The Morgan fingerprint density at radius 2 is 2.05 bits per heavy atom. The second-order valence-electron chi connectivity index (χ2n) is 4.14. The molecule has 0 atom stereocenters. The highest BCUT2D eigenvalue weighted by Crippen LogP contribution is 2.30. The SMILES string of the molecule is CC.Cc1cc2c(O)c(-n3cncn3)c(=O)[nH]c2cc1Cl. The fraction of sp³-hybridized carbons (Fsp3) is 0.214. The van der Waals surface area contributed by atoms with Crippen molar-refractivity contribution in [2.24, 2.45) is 0 Å². The third-order valence-corrected chi connectivity index (χ3v) is 3.30. The number of nitrogens with zero attached hydrogens (tertiary/aromatic N) is 3. The van der Waals surface area contributed by atoms with E-state index < -0.39 is 5.56 Å². The second kappa shape index (κ2) is 5.97. The number of benzene rings is 1. The van der Waals surface area contributed by atoms with E-state index in [1.807, 2.05) is 20.8 Å². The van der Waals surface area contributed by atoms with E-state index in [9.17, 15) is 9.90 Å². The minimum Gasteiger partial charge on any atom is -0.505 e. The summed E-state index contributed by atoms with van der Waals surface area (Å²) in [5.41, 5.74) is 0.852. The maximum Gasteiger partial charge on any atom is 0.278 e. The lowest BCUT2D eigenvalue weighted by molar-refractivity contribution is 0.475. The summed E-state index contributed by atoms with van der Waals surface area (Å²) in [7, 11) is 0. The number of nitrogens with one attached hydrogen (secondary N) is 1. The Hall–Kier alpha value is -2.34. The minimum atomic E-state index is -0.463. The zero-order chi connectivity index (χ0) is 15.6. The molecule has 0 unspecified atom stereocenters. The molecule has 6 nitrogen and oxygen atoms in total. The van der Waals surface area contributed by atoms with Crippen molar-refractivity contribution in [3.63, 3.8) is 0 Å². The van der Waals surface area contributed by atoms with Crippen molar-refractivity contribution in [2.75, 3.05) is 0 Å². The number of hydrogen-bond donors (Lipinski definition) is 2. The predicted molar refractivity (Wildman–Crippen MR) is 82.2 cm³/mol. The van der Waals surface area contributed by atoms with Crippen LogP contribution in [0.1, 0.15) is 19.4 Å². The van der Waals surface area contributed by atoms with Crippen LogP contribution in [-0.2, 0) is 0 Å². The summed E-state index contributed by atoms with van der Waals surface area (Å²) in [6.07, 6.45) is 2.63. The van der Waals surface area contributed by atoms with Gasteiger partial charge in [-0.1, -0.05) is 25.4 Å². The highest BCUT2D eigenvalue weighted by Gasteiger charge is 2.15. The number of halogens is 1. The average Bonchev–Trinajstić information content (AvgIpc) is 2.97. The van der Waals surface area contributed by atoms with Crippen molar-refractivity contribution < 1.29 is 5.11 Å². The van der Waals surface area contributed by atoms with Crippen LogP contribution in [0.5, 0.6) is 5.75 Å². The summed E-state index contributed by atoms with van der Waals surface area (Å²) in [5, 5.41) is 15.2. The maximum atomic E-state index is 12.0. The summed E-state index contributed by atoms with van der Waals surface area (Å²) < 4.78 is 1.22. The molecule has 0 aliphatic heterocycles. The molecule has 0 fully saturated rings. The zero-order valence-corrected chi connectivity index (χ0v) is 12.6. The van der Waals surface area contributed by atoms with Crippen molar-refractivity contribution in [3.8, 4) is 11.4 Å². The van der Waals surface area contributed by atoms with Gasteiger partial charge in [0, 0.05) is 10.4 Å². The molecule has 0 amide bonds. The van der Waals surface area contributed by atoms with Gasteiger partial charge in [-0.15, -0.1) is 0 Å². The molecule has 0 saturated heterocycles. The van der Waals surface area contributed by atoms with E-state index in [-0.39, 0.29) is 11.4 Å². The van der Waals surface area contributed by atoms with E-state index >= 15 is 0 Å². The van der Waals surface area contributed by atoms with E-state index in [0.717, 1.165) is 5.56 Å². The van der Waals surface area contributed by atoms with E-state index in [1.165, 1.54) is 17.3 Å². The van der Waals surface area contributed by atoms with Crippen LogP contribution < -0.4 is 5.56 Å². The number of pyridine rings is 1. The number of fused-ring (bicyclic) bond motifs is 1. The number of hydrogen-bond acceptors (Lipinski definition) is 4. The Morgan fingerprint density at radius 3 is 2.67 bits per heavy atom. The highest BCUT2D eigenvalue weighted by molar-refractivity contribution is 6.32. The van der Waals surface area contributed by atoms with Gasteiger partial charge in [0.25, 0.3) is 5.56 Å². The Balaban J connectivity index is 0.000000774. The molecule has 21 heavy (non-hydrogen) atoms. The number of rotatable bonds is 1. The molecular weight excluding hydrogens is 292 g/mol. The van der Waals surface area contributed by atoms with Gasteiger partial charge in [0.05, 0.1) is 5.52 Å². The van der Waals surface area contributed by atoms with Crippen LogP contribution in [0.4, 0.5) is 0 Å². The molecule has 2 heterocycles. The summed E-state index contributed by atoms with van der Waals surface area (Å²) >= 11 is 6.00. The summed E-state index contributed by atoms with van der Waals surface area (Å²) in [6.45, 7) is 5.82. The molecule has 0 radical (unpaired) electrons. The van der Waals surface area contributed by atoms with E-state index in [4.69, 9.17) is 11.6 Å². The lowest BCUT2D eigenvalue weighted by atomic mass is 10.1. The van der Waals surface area contributed by atoms with E-state index in [2.05, 4.69) is 15.1 Å². The van der Waals surface area contributed by atoms with Crippen LogP contribution in [0.2, 0.25) is 5.02 Å². The number of H-pyrrole nitrogens is 1. The van der Waals surface area contributed by atoms with Crippen LogP contribution in [-0.4, -0.2) is 24.9 Å². The van der Waals surface area contributed by atoms with Crippen molar-refractivity contribution >= 4 is 22.5 Å². The first-order chi connectivity index (χ1) is 10.1. The van der Waals surface area contributed by atoms with Gasteiger partial charge in [0.2, 0.25) is 0 Å². The van der Waals surface area contributed by atoms with Crippen molar-refractivity contribution in [2.45, 2.75) is 20.8 Å². The van der Waals surface area contributed by atoms with Gasteiger partial charge < -0.3 is 10.1 Å². The predicted octanol–water partition coefficient (Wildman–Crippen LogP) is 2.80. The Kier molecular flexibility index (Phi) is 4.28. The molecule has 3 rings (SSSR count). The van der Waals surface area contributed by atoms with Gasteiger partial charge in [0.15, 0.2) is 11.4 Å². The lowest BCUT2D eigenvalue weighted by Crippen LogP contribution is -2.15. The first-order valence-electron chi connectivity index (χ1n) is 6.48. The zero-order valence-electron chi connectivity index (χ0n) is 11.9. The van der Waals surface area contributed by atoms with Crippen LogP contribution in [0.15, 0.2) is 29.6 Å². The standard InChI is InChI=1S/C12H9ClN4O2.C2H6/c1-6-2-7-9(3-8(6)13)16-12(19)10(11(7)18)17-5-14-4-15-17;1-2/h2-5H,1H3,(H2,16,18,19);1-2H3. The molecule has 2 aromatic heterocycles. The summed E-state index contributed by atoms with van der Waals surface area (Å²) in [4.78, 5) is 18.4. The van der Waals surface area contributed by atoms with Gasteiger partial charge in [-0.2, -0.15) is 5.10 Å². The van der Waals surface area contributed by atoms with Gasteiger partial charge in [-0.05, 0) is 24.6 Å². The number of aryl methyl sites for hydroxylation is 1. The van der Waals surface area contributed by atoms with Gasteiger partial charge >= 0.3 is 0 Å². The Bertz CT molecular complexity index is 825. The van der Waals surface area contributed by atoms with Crippen LogP contribution in [0.3, 0.4) is 0 Å². The minimum absolute atomic E-state index is 0.0340. The molecular formula is C14H15ClN4O2. The van der Waals surface area contributed by atoms with Crippen LogP contribution in [0, 0.1) is 6.92 Å². The fourth-order valence-electron chi connectivity index (χ4n) is 1.93. The summed E-state index contributed by atoms with van der Waals surface area (Å²) in [5.74, 6) is -0.149. The third kappa shape index (κ3) is 2.62. The first-order valence-corrected chi connectivity index (χ1v) is 6.86. The average molecular weight is 307 g/mol. The third-order valence-electron chi connectivity index (χ3n) is 2.89. The van der Waals surface area contributed by atoms with E-state index in [0.29, 0.717) is 15.9 Å². The number of aromatic nitrogens is 4. The van der Waals surface area contributed by atoms with Gasteiger partial charge in [-0.3, -0.25) is 4.79 Å². The van der Waals surface area contributed by atoms with Crippen molar-refractivity contribution in [1.29, 1.82) is 0 Å². The quantitative estimate of drug-likeness (QED) is 0.724. The van der Waals surface area contributed by atoms with E-state index in [1.54, 1.807) is 12.1 Å². The van der Waals surface area contributed by atoms with Gasteiger partial charge in [-0.25, -0.2) is 9.67 Å². The monoisotopic (exact) mass is 306 g/mol. The first kappa shape index (κ1) is 15.1. The molecule has 3 aromatic rings.